The minimum atomic E-state index is -0.688. The molecule has 16 rings (SSSR count). The summed E-state index contributed by atoms with van der Waals surface area (Å²) in [6.45, 7) is 15.7. The molecule has 0 radical (unpaired) electrons. The van der Waals surface area contributed by atoms with Gasteiger partial charge in [-0.05, 0) is 185 Å². The monoisotopic (exact) mass is 1950 g/mol. The third-order valence-corrected chi connectivity index (χ3v) is 26.8. The van der Waals surface area contributed by atoms with Crippen molar-refractivity contribution in [2.75, 3.05) is 127 Å². The highest BCUT2D eigenvalue weighted by Gasteiger charge is 2.39. The van der Waals surface area contributed by atoms with Crippen molar-refractivity contribution in [2.45, 2.75) is 109 Å². The number of nitrogens with zero attached hydrogens (tertiary/aromatic N) is 11. The third-order valence-electron chi connectivity index (χ3n) is 26.8. The van der Waals surface area contributed by atoms with Gasteiger partial charge >= 0.3 is 0 Å². The maximum absolute atomic E-state index is 14.6. The van der Waals surface area contributed by atoms with Crippen LogP contribution in [-0.4, -0.2) is 235 Å². The second-order valence-corrected chi connectivity index (χ2v) is 37.6. The molecule has 4 heterocycles. The lowest BCUT2D eigenvalue weighted by molar-refractivity contribution is -0.145. The van der Waals surface area contributed by atoms with Crippen molar-refractivity contribution < 1.29 is 47.7 Å². The topological polar surface area (TPSA) is 185 Å². The molecule has 0 aliphatic carbocycles. The molecule has 0 saturated carbocycles. The summed E-state index contributed by atoms with van der Waals surface area (Å²) in [5, 5.41) is 0. The van der Waals surface area contributed by atoms with Gasteiger partial charge in [-0.25, -0.2) is 0 Å². The van der Waals surface area contributed by atoms with Crippen molar-refractivity contribution in [2.24, 2.45) is 0 Å². The number of aryl methyl sites for hydroxylation is 1. The normalized spacial score (nSPS) is 14.1. The molecular weight excluding hydrogens is 1820 g/mol. The van der Waals surface area contributed by atoms with Crippen LogP contribution in [0.3, 0.4) is 0 Å². The van der Waals surface area contributed by atoms with E-state index in [1.165, 1.54) is 22.3 Å². The summed E-state index contributed by atoms with van der Waals surface area (Å²) >= 11 is 0. The second-order valence-electron chi connectivity index (χ2n) is 37.6. The smallest absolute Gasteiger partial charge is 0.247 e. The largest absolute Gasteiger partial charge is 0.497 e. The van der Waals surface area contributed by atoms with E-state index in [9.17, 15) is 28.8 Å². The molecule has 21 nitrogen and oxygen atoms in total. The van der Waals surface area contributed by atoms with Gasteiger partial charge in [0.25, 0.3) is 0 Å². The van der Waals surface area contributed by atoms with Gasteiger partial charge in [-0.1, -0.05) is 298 Å². The standard InChI is InChI=1S/C42H50N4O4.C42H42N4O3.C41H47N3O3/c1-43(2)25-10-30-50-39-22-17-37(18-23-39)33-46(41(47)24-19-34-15-20-38(49-3)21-16-34)40(31-35-11-6-4-7-12-35)42(48)45-28-26-44(27-29-45)32-36-13-8-5-9-14-36;1-49-38-22-17-33(18-23-38)19-24-41(47)46(32-36-15-20-37(21-16-36)39-14-8-9-25-43-39)40(30-34-10-4-2-5-11-34)42(48)45-28-26-44(27-29-45)31-35-12-6-3-7-13-35;1-3-4-11-33-16-18-37(19-17-33)32-44(40(45)25-22-34-20-23-38(47-2)24-21-34)39(30-35-12-7-5-8-13-35)41(46)43-28-26-42(27-29-43)31-36-14-9-6-10-15-36/h4-9,11-24,40H,10,25-33H2,1-3H3;2-25,40H,26-32H2,1H3;5-10,12-25,39H,3-4,11,26-32H2,1-2H3/b2*24-19+;25-22+/t2*40-;39-/m000/s1. The number of rotatable bonds is 42. The Morgan fingerprint density at radius 2 is 0.603 bits per heavy atom. The van der Waals surface area contributed by atoms with Gasteiger partial charge in [0.2, 0.25) is 35.4 Å². The molecule has 3 fully saturated rings. The molecule has 0 unspecified atom stereocenters. The van der Waals surface area contributed by atoms with Gasteiger partial charge in [-0.3, -0.25) is 48.5 Å². The summed E-state index contributed by atoms with van der Waals surface area (Å²) in [7, 11) is 8.99. The molecule has 754 valence electrons. The zero-order valence-corrected chi connectivity index (χ0v) is 85.3. The predicted octanol–water partition coefficient (Wildman–Crippen LogP) is 19.8. The van der Waals surface area contributed by atoms with Crippen LogP contribution in [0.2, 0.25) is 0 Å². The predicted molar refractivity (Wildman–Crippen MR) is 584 cm³/mol. The molecule has 0 bridgehead atoms. The molecule has 146 heavy (non-hydrogen) atoms. The van der Waals surface area contributed by atoms with E-state index < -0.39 is 18.1 Å². The van der Waals surface area contributed by atoms with Crippen molar-refractivity contribution >= 4 is 53.7 Å². The Bertz CT molecular complexity index is 6210. The zero-order chi connectivity index (χ0) is 102. The number of piperazine rings is 3. The number of hydrogen-bond acceptors (Lipinski definition) is 15. The van der Waals surface area contributed by atoms with E-state index in [2.05, 4.69) is 143 Å². The Kier molecular flexibility index (Phi) is 41.5. The molecule has 6 amide bonds. The highest BCUT2D eigenvalue weighted by atomic mass is 16.5. The van der Waals surface area contributed by atoms with Crippen LogP contribution in [0.25, 0.3) is 29.5 Å². The molecule has 3 aliphatic heterocycles. The van der Waals surface area contributed by atoms with Gasteiger partial charge in [-0.15, -0.1) is 0 Å². The van der Waals surface area contributed by atoms with Gasteiger partial charge in [0.15, 0.2) is 0 Å². The Morgan fingerprint density at radius 3 is 0.897 bits per heavy atom. The van der Waals surface area contributed by atoms with Crippen molar-refractivity contribution in [3.8, 4) is 34.3 Å². The van der Waals surface area contributed by atoms with Crippen LogP contribution in [-0.2, 0) is 93.7 Å². The van der Waals surface area contributed by atoms with E-state index >= 15 is 0 Å². The summed E-state index contributed by atoms with van der Waals surface area (Å²) in [5.41, 5.74) is 15.5. The second kappa shape index (κ2) is 56.8. The first-order chi connectivity index (χ1) is 71.4. The Morgan fingerprint density at radius 1 is 0.315 bits per heavy atom. The summed E-state index contributed by atoms with van der Waals surface area (Å²) in [4.78, 5) is 111. The summed E-state index contributed by atoms with van der Waals surface area (Å²) in [5.74, 6) is 2.36. The summed E-state index contributed by atoms with van der Waals surface area (Å²) < 4.78 is 21.9. The molecule has 0 spiro atoms. The molecule has 3 atom stereocenters. The van der Waals surface area contributed by atoms with Crippen LogP contribution in [0.5, 0.6) is 23.0 Å². The maximum atomic E-state index is 14.6. The molecular formula is C125H139N11O10. The lowest BCUT2D eigenvalue weighted by Gasteiger charge is -2.39. The van der Waals surface area contributed by atoms with Gasteiger partial charge in [-0.2, -0.15) is 0 Å². The van der Waals surface area contributed by atoms with Crippen LogP contribution in [0, 0.1) is 0 Å². The molecule has 12 aromatic carbocycles. The Labute approximate surface area is 863 Å². The van der Waals surface area contributed by atoms with E-state index in [1.807, 2.05) is 269 Å². The first-order valence-corrected chi connectivity index (χ1v) is 51.1. The van der Waals surface area contributed by atoms with Gasteiger partial charge in [0, 0.05) is 174 Å². The molecule has 13 aromatic rings. The van der Waals surface area contributed by atoms with Crippen LogP contribution in [0.1, 0.15) is 98.5 Å². The fraction of sp³-hybridized carbons (Fsp3) is 0.288. The first kappa shape index (κ1) is 107. The van der Waals surface area contributed by atoms with E-state index in [4.69, 9.17) is 18.9 Å². The van der Waals surface area contributed by atoms with Crippen molar-refractivity contribution in [3.05, 3.63) is 443 Å². The Balaban J connectivity index is 0.000000173. The highest BCUT2D eigenvalue weighted by molar-refractivity contribution is 5.98. The number of pyridine rings is 1. The number of carbonyl (C=O) groups is 6. The van der Waals surface area contributed by atoms with Crippen LogP contribution >= 0.6 is 0 Å². The molecule has 1 aromatic heterocycles. The average molecular weight is 1960 g/mol. The fourth-order valence-electron chi connectivity index (χ4n) is 18.4. The average Bonchev–Trinajstić information content (AvgIpc) is 0.787. The molecule has 0 N–H and O–H groups in total. The number of methoxy groups -OCH3 is 3. The van der Waals surface area contributed by atoms with Crippen LogP contribution in [0.4, 0.5) is 0 Å². The summed E-state index contributed by atoms with van der Waals surface area (Å²) in [6, 6.07) is 112. The van der Waals surface area contributed by atoms with E-state index in [-0.39, 0.29) is 48.5 Å². The minimum Gasteiger partial charge on any atom is -0.497 e. The number of benzene rings is 12. The number of hydrogen-bond donors (Lipinski definition) is 0. The van der Waals surface area contributed by atoms with E-state index in [1.54, 1.807) is 72.6 Å². The molecule has 3 saturated heterocycles. The number of aromatic nitrogens is 1. The number of ether oxygens (including phenoxy) is 4. The summed E-state index contributed by atoms with van der Waals surface area (Å²) in [6.07, 6.45) is 17.5. The maximum Gasteiger partial charge on any atom is 0.247 e. The third kappa shape index (κ3) is 33.5. The van der Waals surface area contributed by atoms with E-state index in [0.29, 0.717) is 71.7 Å². The SMILES string of the molecule is CCCCc1ccc(CN(C(=O)/C=C/c2ccc(OC)cc2)[C@@H](Cc2ccccc2)C(=O)N2CCN(Cc3ccccc3)CC2)cc1.COc1ccc(/C=C/C(=O)N(Cc2ccc(-c3ccccn3)cc2)[C@@H](Cc2ccccc2)C(=O)N2CCN(Cc3ccccc3)CC2)cc1.COc1ccc(/C=C/C(=O)N(Cc2ccc(OCCCN(C)C)cc2)[C@@H](Cc2ccccc2)C(=O)N2CCN(Cc3ccccc3)CC2)cc1. The minimum absolute atomic E-state index is 0.000947. The first-order valence-electron chi connectivity index (χ1n) is 51.1. The van der Waals surface area contributed by atoms with Gasteiger partial charge < -0.3 is 53.2 Å². The zero-order valence-electron chi connectivity index (χ0n) is 85.3. The fourth-order valence-corrected chi connectivity index (χ4v) is 18.4. The van der Waals surface area contributed by atoms with Gasteiger partial charge in [0.1, 0.15) is 41.1 Å². The highest BCUT2D eigenvalue weighted by Crippen LogP contribution is 2.29. The van der Waals surface area contributed by atoms with Crippen molar-refractivity contribution in [3.63, 3.8) is 0 Å². The molecule has 3 aliphatic rings. The van der Waals surface area contributed by atoms with Crippen molar-refractivity contribution in [1.82, 2.24) is 54.0 Å². The van der Waals surface area contributed by atoms with Crippen LogP contribution < -0.4 is 18.9 Å². The number of unbranched alkanes of at least 4 members (excludes halogenated alkanes) is 1. The Hall–Kier alpha value is -15.1. The van der Waals surface area contributed by atoms with Gasteiger partial charge in [0.05, 0.1) is 33.6 Å². The lowest BCUT2D eigenvalue weighted by atomic mass is 10.0. The number of amides is 6. The number of carbonyl (C=O) groups excluding carboxylic acids is 6. The quantitative estimate of drug-likeness (QED) is 0.0260. The molecule has 21 heteroatoms. The van der Waals surface area contributed by atoms with E-state index in [0.717, 1.165) is 175 Å². The lowest BCUT2D eigenvalue weighted by Crippen LogP contribution is -2.56. The van der Waals surface area contributed by atoms with Crippen molar-refractivity contribution in [1.29, 1.82) is 0 Å². The van der Waals surface area contributed by atoms with Crippen LogP contribution in [0.15, 0.2) is 370 Å².